The minimum absolute atomic E-state index is 0.287. The van der Waals surface area contributed by atoms with E-state index in [0.29, 0.717) is 30.5 Å². The number of hydrogen-bond acceptors (Lipinski definition) is 4. The Balaban J connectivity index is 1.40. The molecule has 0 aromatic heterocycles. The molecule has 0 saturated carbocycles. The van der Waals surface area contributed by atoms with Crippen molar-refractivity contribution in [3.05, 3.63) is 35.9 Å². The van der Waals surface area contributed by atoms with Gasteiger partial charge in [-0.3, -0.25) is 15.1 Å². The largest absolute Gasteiger partial charge is 0.341 e. The molecule has 2 N–H and O–H groups in total. The molecule has 5 nitrogen and oxygen atoms in total. The summed E-state index contributed by atoms with van der Waals surface area (Å²) in [4.78, 5) is 17.5. The van der Waals surface area contributed by atoms with Crippen molar-refractivity contribution >= 4 is 5.91 Å². The summed E-state index contributed by atoms with van der Waals surface area (Å²) in [6, 6.07) is 12.0. The highest BCUT2D eigenvalue weighted by Gasteiger charge is 2.41. The van der Waals surface area contributed by atoms with Crippen LogP contribution in [0.5, 0.6) is 0 Å². The summed E-state index contributed by atoms with van der Waals surface area (Å²) in [5.74, 6) is 0.765. The normalized spacial score (nSPS) is 32.4. The third-order valence-corrected chi connectivity index (χ3v) is 6.58. The molecule has 3 aliphatic rings. The van der Waals surface area contributed by atoms with Gasteiger partial charge in [0, 0.05) is 31.1 Å². The molecule has 0 radical (unpaired) electrons. The number of nitrogens with one attached hydrogen (secondary N) is 2. The zero-order valence-electron chi connectivity index (χ0n) is 15.9. The van der Waals surface area contributed by atoms with Gasteiger partial charge in [-0.05, 0) is 37.8 Å². The van der Waals surface area contributed by atoms with Crippen LogP contribution in [0.25, 0.3) is 0 Å². The number of likely N-dealkylation sites (tertiary alicyclic amines) is 2. The summed E-state index contributed by atoms with van der Waals surface area (Å²) < 4.78 is 0. The number of rotatable bonds is 4. The minimum Gasteiger partial charge on any atom is -0.341 e. The second-order valence-corrected chi connectivity index (χ2v) is 8.10. The van der Waals surface area contributed by atoms with Crippen molar-refractivity contribution in [1.82, 2.24) is 20.7 Å². The molecule has 5 heteroatoms. The van der Waals surface area contributed by atoms with Crippen molar-refractivity contribution in [3.63, 3.8) is 0 Å². The molecule has 1 aromatic rings. The predicted molar refractivity (Wildman–Crippen MR) is 103 cm³/mol. The fourth-order valence-electron chi connectivity index (χ4n) is 5.02. The summed E-state index contributed by atoms with van der Waals surface area (Å²) in [5.41, 5.74) is 8.25. The quantitative estimate of drug-likeness (QED) is 0.869. The van der Waals surface area contributed by atoms with Crippen LogP contribution in [-0.4, -0.2) is 54.0 Å². The Morgan fingerprint density at radius 1 is 1.12 bits per heavy atom. The van der Waals surface area contributed by atoms with Crippen molar-refractivity contribution in [1.29, 1.82) is 0 Å². The van der Waals surface area contributed by atoms with Gasteiger partial charge in [-0.15, -0.1) is 0 Å². The SMILES string of the molecule is CCC1CCCCN1CC(=O)N1CCC2NNC(c3ccccc3)C2C1. The first-order chi connectivity index (χ1) is 12.8. The van der Waals surface area contributed by atoms with Gasteiger partial charge in [-0.25, -0.2) is 5.43 Å². The molecule has 1 aromatic carbocycles. The molecule has 3 saturated heterocycles. The van der Waals surface area contributed by atoms with Gasteiger partial charge in [-0.1, -0.05) is 43.7 Å². The number of carbonyl (C=O) groups is 1. The number of carbonyl (C=O) groups excluding carboxylic acids is 1. The smallest absolute Gasteiger partial charge is 0.236 e. The molecule has 3 fully saturated rings. The lowest BCUT2D eigenvalue weighted by Crippen LogP contribution is -2.52. The number of piperidine rings is 2. The van der Waals surface area contributed by atoms with Crippen LogP contribution in [0.1, 0.15) is 50.6 Å². The molecule has 3 heterocycles. The predicted octanol–water partition coefficient (Wildman–Crippen LogP) is 2.32. The van der Waals surface area contributed by atoms with Crippen molar-refractivity contribution in [2.75, 3.05) is 26.2 Å². The molecular weight excluding hydrogens is 324 g/mol. The molecule has 4 unspecified atom stereocenters. The number of nitrogens with zero attached hydrogens (tertiary/aromatic N) is 2. The van der Waals surface area contributed by atoms with Crippen molar-refractivity contribution < 1.29 is 4.79 Å². The van der Waals surface area contributed by atoms with Crippen LogP contribution >= 0.6 is 0 Å². The lowest BCUT2D eigenvalue weighted by atomic mass is 9.85. The van der Waals surface area contributed by atoms with E-state index < -0.39 is 0 Å². The van der Waals surface area contributed by atoms with Crippen LogP contribution in [0.4, 0.5) is 0 Å². The van der Waals surface area contributed by atoms with Gasteiger partial charge < -0.3 is 4.90 Å². The van der Waals surface area contributed by atoms with Crippen LogP contribution < -0.4 is 10.9 Å². The molecule has 0 aliphatic carbocycles. The molecule has 3 aliphatic heterocycles. The zero-order chi connectivity index (χ0) is 17.9. The molecule has 142 valence electrons. The second-order valence-electron chi connectivity index (χ2n) is 8.10. The van der Waals surface area contributed by atoms with Gasteiger partial charge in [0.15, 0.2) is 0 Å². The van der Waals surface area contributed by atoms with Gasteiger partial charge in [0.2, 0.25) is 5.91 Å². The molecule has 26 heavy (non-hydrogen) atoms. The Bertz CT molecular complexity index is 607. The maximum absolute atomic E-state index is 13.0. The summed E-state index contributed by atoms with van der Waals surface area (Å²) in [5, 5.41) is 0. The number of benzene rings is 1. The molecule has 0 bridgehead atoms. The summed E-state index contributed by atoms with van der Waals surface area (Å²) in [6.45, 7) is 5.67. The summed E-state index contributed by atoms with van der Waals surface area (Å²) >= 11 is 0. The average molecular weight is 357 g/mol. The molecule has 0 spiro atoms. The first-order valence-corrected chi connectivity index (χ1v) is 10.3. The lowest BCUT2D eigenvalue weighted by Gasteiger charge is -2.39. The van der Waals surface area contributed by atoms with E-state index in [4.69, 9.17) is 0 Å². The van der Waals surface area contributed by atoms with E-state index in [0.717, 1.165) is 32.5 Å². The van der Waals surface area contributed by atoms with E-state index >= 15 is 0 Å². The first-order valence-electron chi connectivity index (χ1n) is 10.3. The highest BCUT2D eigenvalue weighted by atomic mass is 16.2. The summed E-state index contributed by atoms with van der Waals surface area (Å²) in [6.07, 6.45) is 5.98. The lowest BCUT2D eigenvalue weighted by molar-refractivity contribution is -0.135. The Hall–Kier alpha value is -1.43. The number of hydrogen-bond donors (Lipinski definition) is 2. The van der Waals surface area contributed by atoms with E-state index in [1.807, 2.05) is 0 Å². The van der Waals surface area contributed by atoms with E-state index in [1.54, 1.807) is 0 Å². The van der Waals surface area contributed by atoms with Gasteiger partial charge in [0.05, 0.1) is 12.6 Å². The van der Waals surface area contributed by atoms with Crippen molar-refractivity contribution in [2.45, 2.75) is 57.2 Å². The van der Waals surface area contributed by atoms with E-state index in [1.165, 1.54) is 24.8 Å². The fourth-order valence-corrected chi connectivity index (χ4v) is 5.02. The van der Waals surface area contributed by atoms with E-state index in [9.17, 15) is 4.79 Å². The zero-order valence-corrected chi connectivity index (χ0v) is 15.9. The molecule has 4 atom stereocenters. The molecular formula is C21H32N4O. The maximum Gasteiger partial charge on any atom is 0.236 e. The third-order valence-electron chi connectivity index (χ3n) is 6.58. The topological polar surface area (TPSA) is 47.6 Å². The fraction of sp³-hybridized carbons (Fsp3) is 0.667. The van der Waals surface area contributed by atoms with Gasteiger partial charge >= 0.3 is 0 Å². The third kappa shape index (κ3) is 3.66. The Morgan fingerprint density at radius 3 is 2.77 bits per heavy atom. The second kappa shape index (κ2) is 8.07. The highest BCUT2D eigenvalue weighted by Crippen LogP contribution is 2.33. The van der Waals surface area contributed by atoms with Crippen LogP contribution in [0.2, 0.25) is 0 Å². The monoisotopic (exact) mass is 356 g/mol. The average Bonchev–Trinajstić information content (AvgIpc) is 3.12. The maximum atomic E-state index is 13.0. The van der Waals surface area contributed by atoms with Crippen LogP contribution in [-0.2, 0) is 4.79 Å². The van der Waals surface area contributed by atoms with Crippen LogP contribution in [0.3, 0.4) is 0 Å². The van der Waals surface area contributed by atoms with Gasteiger partial charge in [0.1, 0.15) is 0 Å². The van der Waals surface area contributed by atoms with Crippen molar-refractivity contribution in [3.8, 4) is 0 Å². The van der Waals surface area contributed by atoms with Gasteiger partial charge in [0.25, 0.3) is 0 Å². The minimum atomic E-state index is 0.287. The van der Waals surface area contributed by atoms with Crippen molar-refractivity contribution in [2.24, 2.45) is 5.92 Å². The van der Waals surface area contributed by atoms with E-state index in [2.05, 4.69) is 57.9 Å². The first kappa shape index (κ1) is 18.0. The number of fused-ring (bicyclic) bond motifs is 1. The van der Waals surface area contributed by atoms with Crippen LogP contribution in [0, 0.1) is 5.92 Å². The number of hydrazine groups is 1. The van der Waals surface area contributed by atoms with E-state index in [-0.39, 0.29) is 6.04 Å². The Kier molecular flexibility index (Phi) is 5.57. The summed E-state index contributed by atoms with van der Waals surface area (Å²) in [7, 11) is 0. The molecule has 4 rings (SSSR count). The standard InChI is InChI=1S/C21H32N4O/c1-2-17-10-6-7-12-24(17)15-20(26)25-13-11-19-18(14-25)21(23-22-19)16-8-4-3-5-9-16/h3-5,8-9,17-19,21-23H,2,6-7,10-15H2,1H3. The number of amides is 1. The van der Waals surface area contributed by atoms with Gasteiger partial charge in [-0.2, -0.15) is 0 Å². The highest BCUT2D eigenvalue weighted by molar-refractivity contribution is 5.78. The van der Waals surface area contributed by atoms with Crippen LogP contribution in [0.15, 0.2) is 30.3 Å². The Morgan fingerprint density at radius 2 is 1.96 bits per heavy atom. The Labute approximate surface area is 157 Å². The molecule has 1 amide bonds.